The highest BCUT2D eigenvalue weighted by atomic mass is 16.3. The molecule has 1 fully saturated rings. The van der Waals surface area contributed by atoms with Crippen LogP contribution < -0.4 is 11.1 Å². The standard InChI is InChI=1S/C14H19N3O3/c1-9-6-7-17(8-12(9)18)13(19)10-2-4-11(5-3-10)16-14(15)20/h2-5,9,12,18H,6-8H2,1H3,(H3,15,16,20). The minimum atomic E-state index is -0.641. The third-order valence-electron chi connectivity index (χ3n) is 3.61. The third-order valence-corrected chi connectivity index (χ3v) is 3.61. The Morgan fingerprint density at radius 3 is 2.55 bits per heavy atom. The van der Waals surface area contributed by atoms with Gasteiger partial charge >= 0.3 is 6.03 Å². The van der Waals surface area contributed by atoms with Gasteiger partial charge in [0.25, 0.3) is 5.91 Å². The zero-order chi connectivity index (χ0) is 14.7. The number of carbonyl (C=O) groups excluding carboxylic acids is 2. The predicted molar refractivity (Wildman–Crippen MR) is 75.3 cm³/mol. The van der Waals surface area contributed by atoms with E-state index in [0.29, 0.717) is 24.3 Å². The molecule has 3 amide bonds. The summed E-state index contributed by atoms with van der Waals surface area (Å²) in [4.78, 5) is 24.7. The molecular formula is C14H19N3O3. The molecular weight excluding hydrogens is 258 g/mol. The number of anilines is 1. The first kappa shape index (κ1) is 14.3. The highest BCUT2D eigenvalue weighted by Gasteiger charge is 2.27. The van der Waals surface area contributed by atoms with E-state index in [1.165, 1.54) is 0 Å². The second-order valence-electron chi connectivity index (χ2n) is 5.15. The fourth-order valence-corrected chi connectivity index (χ4v) is 2.25. The van der Waals surface area contributed by atoms with Crippen LogP contribution in [0.4, 0.5) is 10.5 Å². The molecule has 0 saturated carbocycles. The molecule has 1 heterocycles. The lowest BCUT2D eigenvalue weighted by Gasteiger charge is -2.34. The Labute approximate surface area is 117 Å². The van der Waals surface area contributed by atoms with Crippen LogP contribution in [0.1, 0.15) is 23.7 Å². The van der Waals surface area contributed by atoms with Crippen LogP contribution in [0.15, 0.2) is 24.3 Å². The smallest absolute Gasteiger partial charge is 0.316 e. The Bertz CT molecular complexity index is 501. The predicted octanol–water partition coefficient (Wildman–Crippen LogP) is 1.02. The number of primary amides is 1. The van der Waals surface area contributed by atoms with Crippen molar-refractivity contribution in [1.82, 2.24) is 4.90 Å². The van der Waals surface area contributed by atoms with Crippen LogP contribution in [-0.2, 0) is 0 Å². The van der Waals surface area contributed by atoms with Crippen molar-refractivity contribution in [3.8, 4) is 0 Å². The van der Waals surface area contributed by atoms with E-state index in [9.17, 15) is 14.7 Å². The Morgan fingerprint density at radius 1 is 1.35 bits per heavy atom. The van der Waals surface area contributed by atoms with Gasteiger partial charge in [-0.2, -0.15) is 0 Å². The Hall–Kier alpha value is -2.08. The van der Waals surface area contributed by atoms with Crippen LogP contribution in [0.25, 0.3) is 0 Å². The van der Waals surface area contributed by atoms with Crippen molar-refractivity contribution in [1.29, 1.82) is 0 Å². The summed E-state index contributed by atoms with van der Waals surface area (Å²) in [6.45, 7) is 3.00. The lowest BCUT2D eigenvalue weighted by molar-refractivity contribution is 0.0248. The number of β-amino-alcohol motifs (C(OH)–C–C–N with tert-alkyl or cyclic N) is 1. The maximum Gasteiger partial charge on any atom is 0.316 e. The number of amides is 3. The second kappa shape index (κ2) is 5.92. The van der Waals surface area contributed by atoms with E-state index in [4.69, 9.17) is 5.73 Å². The summed E-state index contributed by atoms with van der Waals surface area (Å²) < 4.78 is 0. The average molecular weight is 277 g/mol. The number of rotatable bonds is 2. The van der Waals surface area contributed by atoms with E-state index in [-0.39, 0.29) is 11.8 Å². The number of nitrogens with zero attached hydrogens (tertiary/aromatic N) is 1. The van der Waals surface area contributed by atoms with Crippen LogP contribution >= 0.6 is 0 Å². The number of benzene rings is 1. The summed E-state index contributed by atoms with van der Waals surface area (Å²) >= 11 is 0. The van der Waals surface area contributed by atoms with Crippen LogP contribution in [-0.4, -0.2) is 41.1 Å². The van der Waals surface area contributed by atoms with Crippen molar-refractivity contribution in [2.45, 2.75) is 19.4 Å². The topological polar surface area (TPSA) is 95.7 Å². The van der Waals surface area contributed by atoms with Gasteiger partial charge in [-0.15, -0.1) is 0 Å². The van der Waals surface area contributed by atoms with E-state index < -0.39 is 12.1 Å². The highest BCUT2D eigenvalue weighted by Crippen LogP contribution is 2.19. The molecule has 1 aromatic carbocycles. The fourth-order valence-electron chi connectivity index (χ4n) is 2.25. The summed E-state index contributed by atoms with van der Waals surface area (Å²) in [5, 5.41) is 12.3. The van der Waals surface area contributed by atoms with Gasteiger partial charge in [-0.3, -0.25) is 4.79 Å². The number of hydrogen-bond donors (Lipinski definition) is 3. The van der Waals surface area contributed by atoms with Crippen LogP contribution in [0.5, 0.6) is 0 Å². The Morgan fingerprint density at radius 2 is 2.00 bits per heavy atom. The monoisotopic (exact) mass is 277 g/mol. The molecule has 20 heavy (non-hydrogen) atoms. The van der Waals surface area contributed by atoms with Crippen LogP contribution in [0, 0.1) is 5.92 Å². The molecule has 0 spiro atoms. The van der Waals surface area contributed by atoms with E-state index in [2.05, 4.69) is 5.32 Å². The van der Waals surface area contributed by atoms with Crippen LogP contribution in [0.3, 0.4) is 0 Å². The van der Waals surface area contributed by atoms with Crippen LogP contribution in [0.2, 0.25) is 0 Å². The van der Waals surface area contributed by atoms with Gasteiger partial charge in [0.05, 0.1) is 6.10 Å². The van der Waals surface area contributed by atoms with E-state index >= 15 is 0 Å². The zero-order valence-electron chi connectivity index (χ0n) is 11.4. The molecule has 1 aliphatic rings. The first-order valence-electron chi connectivity index (χ1n) is 6.61. The Kier molecular flexibility index (Phi) is 4.24. The fraction of sp³-hybridized carbons (Fsp3) is 0.429. The van der Waals surface area contributed by atoms with Crippen molar-refractivity contribution in [2.24, 2.45) is 11.7 Å². The normalized spacial score (nSPS) is 22.4. The maximum atomic E-state index is 12.3. The number of nitrogens with two attached hydrogens (primary N) is 1. The molecule has 1 aliphatic heterocycles. The van der Waals surface area contributed by atoms with Crippen molar-refractivity contribution >= 4 is 17.6 Å². The molecule has 2 unspecified atom stereocenters. The maximum absolute atomic E-state index is 12.3. The van der Waals surface area contributed by atoms with Gasteiger partial charge in [-0.1, -0.05) is 6.92 Å². The Balaban J connectivity index is 2.04. The van der Waals surface area contributed by atoms with Crippen molar-refractivity contribution in [3.63, 3.8) is 0 Å². The van der Waals surface area contributed by atoms with E-state index in [1.54, 1.807) is 29.2 Å². The largest absolute Gasteiger partial charge is 0.391 e. The highest BCUT2D eigenvalue weighted by molar-refractivity contribution is 5.95. The molecule has 108 valence electrons. The number of carbonyl (C=O) groups is 2. The van der Waals surface area contributed by atoms with Gasteiger partial charge in [0, 0.05) is 24.3 Å². The van der Waals surface area contributed by atoms with Gasteiger partial charge in [-0.25, -0.2) is 4.79 Å². The molecule has 1 saturated heterocycles. The van der Waals surface area contributed by atoms with Gasteiger partial charge < -0.3 is 21.1 Å². The zero-order valence-corrected chi connectivity index (χ0v) is 11.4. The molecule has 4 N–H and O–H groups in total. The van der Waals surface area contributed by atoms with Crippen molar-refractivity contribution in [3.05, 3.63) is 29.8 Å². The van der Waals surface area contributed by atoms with Crippen molar-refractivity contribution < 1.29 is 14.7 Å². The molecule has 0 radical (unpaired) electrons. The summed E-state index contributed by atoms with van der Waals surface area (Å²) in [6.07, 6.45) is 0.331. The molecule has 0 aromatic heterocycles. The van der Waals surface area contributed by atoms with Crippen molar-refractivity contribution in [2.75, 3.05) is 18.4 Å². The number of hydrogen-bond acceptors (Lipinski definition) is 3. The number of aliphatic hydroxyl groups excluding tert-OH is 1. The van der Waals surface area contributed by atoms with Gasteiger partial charge in [0.1, 0.15) is 0 Å². The quantitative estimate of drug-likeness (QED) is 0.753. The lowest BCUT2D eigenvalue weighted by Crippen LogP contribution is -2.45. The lowest BCUT2D eigenvalue weighted by atomic mass is 9.95. The second-order valence-corrected chi connectivity index (χ2v) is 5.15. The molecule has 0 bridgehead atoms. The number of piperidine rings is 1. The molecule has 6 nitrogen and oxygen atoms in total. The van der Waals surface area contributed by atoms with Gasteiger partial charge in [0.15, 0.2) is 0 Å². The summed E-state index contributed by atoms with van der Waals surface area (Å²) in [5.74, 6) is 0.114. The molecule has 6 heteroatoms. The minimum Gasteiger partial charge on any atom is -0.391 e. The van der Waals surface area contributed by atoms with E-state index in [1.807, 2.05) is 6.92 Å². The summed E-state index contributed by atoms with van der Waals surface area (Å²) in [5.41, 5.74) is 6.09. The number of nitrogens with one attached hydrogen (secondary N) is 1. The number of urea groups is 1. The average Bonchev–Trinajstić information content (AvgIpc) is 2.41. The SMILES string of the molecule is CC1CCN(C(=O)c2ccc(NC(N)=O)cc2)CC1O. The first-order valence-corrected chi connectivity index (χ1v) is 6.61. The molecule has 2 atom stereocenters. The summed E-state index contributed by atoms with van der Waals surface area (Å²) in [6, 6.07) is 5.88. The molecule has 0 aliphatic carbocycles. The first-order chi connectivity index (χ1) is 9.47. The number of aliphatic hydroxyl groups is 1. The molecule has 2 rings (SSSR count). The molecule has 1 aromatic rings. The summed E-state index contributed by atoms with van der Waals surface area (Å²) in [7, 11) is 0. The minimum absolute atomic E-state index is 0.110. The van der Waals surface area contributed by atoms with Gasteiger partial charge in [0.2, 0.25) is 0 Å². The third kappa shape index (κ3) is 3.27. The number of likely N-dealkylation sites (tertiary alicyclic amines) is 1. The van der Waals surface area contributed by atoms with Gasteiger partial charge in [-0.05, 0) is 36.6 Å². The van der Waals surface area contributed by atoms with E-state index in [0.717, 1.165) is 6.42 Å².